The number of nitrogens with zero attached hydrogens (tertiary/aromatic N) is 1. The van der Waals surface area contributed by atoms with Crippen molar-refractivity contribution in [2.24, 2.45) is 4.99 Å². The number of hydrogen-bond donors (Lipinski definition) is 0. The van der Waals surface area contributed by atoms with Gasteiger partial charge in [-0.1, -0.05) is 54.6 Å². The number of alkyl halides is 6. The molecule has 0 aliphatic heterocycles. The molecular formula is C23H15F6NO. The highest BCUT2D eigenvalue weighted by atomic mass is 19.4. The topological polar surface area (TPSA) is 29.4 Å². The lowest BCUT2D eigenvalue weighted by Gasteiger charge is -2.18. The molecule has 0 spiro atoms. The highest BCUT2D eigenvalue weighted by Crippen LogP contribution is 2.42. The van der Waals surface area contributed by atoms with E-state index in [1.807, 2.05) is 42.5 Å². The normalized spacial score (nSPS) is 11.8. The van der Waals surface area contributed by atoms with Crippen LogP contribution < -0.4 is 0 Å². The van der Waals surface area contributed by atoms with E-state index in [2.05, 4.69) is 4.99 Å². The monoisotopic (exact) mass is 435 g/mol. The minimum atomic E-state index is -5.04. The zero-order valence-corrected chi connectivity index (χ0v) is 15.9. The van der Waals surface area contributed by atoms with Crippen LogP contribution in [-0.4, -0.2) is 6.08 Å². The van der Waals surface area contributed by atoms with E-state index in [0.717, 1.165) is 17.2 Å². The average molecular weight is 435 g/mol. The van der Waals surface area contributed by atoms with Gasteiger partial charge < -0.3 is 0 Å². The second kappa shape index (κ2) is 8.78. The molecule has 160 valence electrons. The first kappa shape index (κ1) is 22.3. The third kappa shape index (κ3) is 5.41. The van der Waals surface area contributed by atoms with Gasteiger partial charge in [-0.15, -0.1) is 0 Å². The molecule has 0 aromatic heterocycles. The summed E-state index contributed by atoms with van der Waals surface area (Å²) in [6, 6.07) is 17.0. The molecule has 0 N–H and O–H groups in total. The van der Waals surface area contributed by atoms with E-state index in [0.29, 0.717) is 11.6 Å². The summed E-state index contributed by atoms with van der Waals surface area (Å²) in [6.45, 7) is 0. The lowest BCUT2D eigenvalue weighted by atomic mass is 9.94. The fraction of sp³-hybridized carbons (Fsp3) is 0.174. The number of halogens is 6. The number of isocyanates is 1. The smallest absolute Gasteiger partial charge is 0.211 e. The summed E-state index contributed by atoms with van der Waals surface area (Å²) in [5.74, 6) is 0. The summed E-state index contributed by atoms with van der Waals surface area (Å²) in [7, 11) is 0. The Hall–Kier alpha value is -3.38. The fourth-order valence-electron chi connectivity index (χ4n) is 3.25. The largest absolute Gasteiger partial charge is 0.416 e. The summed E-state index contributed by atoms with van der Waals surface area (Å²) < 4.78 is 79.6. The number of rotatable bonds is 5. The van der Waals surface area contributed by atoms with Crippen molar-refractivity contribution >= 4 is 11.8 Å². The molecule has 8 heteroatoms. The summed E-state index contributed by atoms with van der Waals surface area (Å²) in [5, 5.41) is 0. The predicted molar refractivity (Wildman–Crippen MR) is 104 cm³/mol. The highest BCUT2D eigenvalue weighted by Gasteiger charge is 2.39. The Labute approximate surface area is 173 Å². The van der Waals surface area contributed by atoms with Crippen LogP contribution in [-0.2, 0) is 30.0 Å². The highest BCUT2D eigenvalue weighted by molar-refractivity contribution is 5.63. The van der Waals surface area contributed by atoms with Gasteiger partial charge in [-0.3, -0.25) is 0 Å². The maximum atomic E-state index is 13.5. The molecule has 0 saturated carbocycles. The van der Waals surface area contributed by atoms with E-state index in [1.165, 1.54) is 0 Å². The molecule has 0 atom stereocenters. The van der Waals surface area contributed by atoms with Gasteiger partial charge in [-0.2, -0.15) is 31.3 Å². The van der Waals surface area contributed by atoms with Gasteiger partial charge in [-0.25, -0.2) is 4.79 Å². The van der Waals surface area contributed by atoms with Crippen molar-refractivity contribution < 1.29 is 31.1 Å². The van der Waals surface area contributed by atoms with Gasteiger partial charge in [0.15, 0.2) is 0 Å². The number of carbonyl (C=O) groups excluding carboxylic acids is 1. The maximum absolute atomic E-state index is 13.5. The quantitative estimate of drug-likeness (QED) is 0.238. The molecule has 31 heavy (non-hydrogen) atoms. The third-order valence-electron chi connectivity index (χ3n) is 4.75. The van der Waals surface area contributed by atoms with Crippen molar-refractivity contribution in [1.82, 2.24) is 0 Å². The van der Waals surface area contributed by atoms with Gasteiger partial charge in [0.25, 0.3) is 0 Å². The Kier molecular flexibility index (Phi) is 6.32. The van der Waals surface area contributed by atoms with E-state index >= 15 is 0 Å². The van der Waals surface area contributed by atoms with Crippen LogP contribution in [0, 0.1) is 0 Å². The van der Waals surface area contributed by atoms with Crippen LogP contribution in [0.25, 0.3) is 11.1 Å². The van der Waals surface area contributed by atoms with E-state index in [9.17, 15) is 31.1 Å². The molecule has 3 aromatic carbocycles. The first-order valence-electron chi connectivity index (χ1n) is 9.13. The van der Waals surface area contributed by atoms with Crippen LogP contribution >= 0.6 is 0 Å². The molecule has 0 radical (unpaired) electrons. The Balaban J connectivity index is 1.94. The van der Waals surface area contributed by atoms with E-state index in [-0.39, 0.29) is 18.9 Å². The van der Waals surface area contributed by atoms with Gasteiger partial charge in [0.1, 0.15) is 0 Å². The standard InChI is InChI=1S/C23H15F6NO/c24-22(25,26)18-12-20(23(27,28)29)19(21(13-18)30-14-31)11-8-15-6-9-17(10-7-15)16-4-2-1-3-5-16/h1-7,9-10,12-13H,8,11H2. The summed E-state index contributed by atoms with van der Waals surface area (Å²) in [4.78, 5) is 13.8. The number of hydrogen-bond acceptors (Lipinski definition) is 2. The molecule has 0 unspecified atom stereocenters. The van der Waals surface area contributed by atoms with Crippen LogP contribution in [0.1, 0.15) is 22.3 Å². The Morgan fingerprint density at radius 3 is 1.90 bits per heavy atom. The van der Waals surface area contributed by atoms with Crippen LogP contribution in [0.15, 0.2) is 71.7 Å². The molecule has 0 amide bonds. The molecule has 0 saturated heterocycles. The summed E-state index contributed by atoms with van der Waals surface area (Å²) in [5.41, 5.74) is -1.57. The van der Waals surface area contributed by atoms with Crippen molar-refractivity contribution in [1.29, 1.82) is 0 Å². The van der Waals surface area contributed by atoms with Crippen molar-refractivity contribution in [2.75, 3.05) is 0 Å². The summed E-state index contributed by atoms with van der Waals surface area (Å²) in [6.07, 6.45) is -9.15. The molecule has 2 nitrogen and oxygen atoms in total. The Morgan fingerprint density at radius 1 is 0.742 bits per heavy atom. The minimum absolute atomic E-state index is 0.0532. The third-order valence-corrected chi connectivity index (χ3v) is 4.75. The Bertz CT molecular complexity index is 1100. The van der Waals surface area contributed by atoms with Gasteiger partial charge in [-0.05, 0) is 47.2 Å². The lowest BCUT2D eigenvalue weighted by molar-refractivity contribution is -0.143. The van der Waals surface area contributed by atoms with Gasteiger partial charge in [0, 0.05) is 0 Å². The molecule has 0 bridgehead atoms. The molecule has 0 aliphatic rings. The Morgan fingerprint density at radius 2 is 1.35 bits per heavy atom. The average Bonchev–Trinajstić information content (AvgIpc) is 2.72. The molecule has 0 heterocycles. The predicted octanol–water partition coefficient (Wildman–Crippen LogP) is 7.14. The van der Waals surface area contributed by atoms with Crippen molar-refractivity contribution in [3.63, 3.8) is 0 Å². The molecular weight excluding hydrogens is 420 g/mol. The second-order valence-corrected chi connectivity index (χ2v) is 6.78. The lowest BCUT2D eigenvalue weighted by Crippen LogP contribution is -2.14. The van der Waals surface area contributed by atoms with Crippen LogP contribution in [0.5, 0.6) is 0 Å². The van der Waals surface area contributed by atoms with E-state index in [4.69, 9.17) is 0 Å². The number of aliphatic imine (C=N–C) groups is 1. The molecule has 3 rings (SSSR count). The molecule has 0 fully saturated rings. The molecule has 0 aliphatic carbocycles. The first-order valence-corrected chi connectivity index (χ1v) is 9.13. The van der Waals surface area contributed by atoms with Crippen LogP contribution in [0.2, 0.25) is 0 Å². The second-order valence-electron chi connectivity index (χ2n) is 6.78. The number of aryl methyl sites for hydroxylation is 1. The SMILES string of the molecule is O=C=Nc1cc(C(F)(F)F)cc(C(F)(F)F)c1CCc1ccc(-c2ccccc2)cc1. The number of benzene rings is 3. The van der Waals surface area contributed by atoms with Crippen molar-refractivity contribution in [3.8, 4) is 11.1 Å². The van der Waals surface area contributed by atoms with E-state index < -0.39 is 34.7 Å². The van der Waals surface area contributed by atoms with E-state index in [1.54, 1.807) is 12.1 Å². The van der Waals surface area contributed by atoms with Crippen molar-refractivity contribution in [2.45, 2.75) is 25.2 Å². The van der Waals surface area contributed by atoms with Crippen LogP contribution in [0.4, 0.5) is 32.0 Å². The van der Waals surface area contributed by atoms with Gasteiger partial charge >= 0.3 is 12.4 Å². The fourth-order valence-corrected chi connectivity index (χ4v) is 3.25. The van der Waals surface area contributed by atoms with Crippen LogP contribution in [0.3, 0.4) is 0 Å². The summed E-state index contributed by atoms with van der Waals surface area (Å²) >= 11 is 0. The van der Waals surface area contributed by atoms with Crippen molar-refractivity contribution in [3.05, 3.63) is 89.0 Å². The first-order chi connectivity index (χ1) is 14.6. The minimum Gasteiger partial charge on any atom is -0.211 e. The van der Waals surface area contributed by atoms with Gasteiger partial charge in [0.05, 0.1) is 16.8 Å². The zero-order valence-electron chi connectivity index (χ0n) is 15.9. The van der Waals surface area contributed by atoms with Gasteiger partial charge in [0.2, 0.25) is 6.08 Å². The maximum Gasteiger partial charge on any atom is 0.416 e. The zero-order chi connectivity index (χ0) is 22.6. The molecule has 3 aromatic rings.